The summed E-state index contributed by atoms with van der Waals surface area (Å²) in [5, 5.41) is 0. The molecule has 0 radical (unpaired) electrons. The maximum absolute atomic E-state index is 12.6. The van der Waals surface area contributed by atoms with Crippen LogP contribution in [0.1, 0.15) is 146 Å². The normalized spacial score (nSPS) is 11.7. The molecule has 2 nitrogen and oxygen atoms in total. The number of Topliss-reactive ketones (excluding diaryl/α,β-unsaturated/α-hetero) is 1. The maximum Gasteiger partial charge on any atom is 0.163 e. The van der Waals surface area contributed by atoms with E-state index in [0.29, 0.717) is 6.42 Å². The summed E-state index contributed by atoms with van der Waals surface area (Å²) in [6.07, 6.45) is 22.3. The number of nitrogens with two attached hydrogens (primary N) is 1. The van der Waals surface area contributed by atoms with E-state index >= 15 is 0 Å². The van der Waals surface area contributed by atoms with Crippen molar-refractivity contribution in [3.63, 3.8) is 0 Å². The molecule has 0 saturated heterocycles. The number of benzene rings is 1. The summed E-state index contributed by atoms with van der Waals surface area (Å²) in [6, 6.07) is 7.82. The Labute approximate surface area is 187 Å². The van der Waals surface area contributed by atoms with Crippen LogP contribution >= 0.6 is 0 Å². The summed E-state index contributed by atoms with van der Waals surface area (Å²) in [4.78, 5) is 12.6. The monoisotopic (exact) mass is 415 g/mol. The van der Waals surface area contributed by atoms with Gasteiger partial charge in [-0.15, -0.1) is 0 Å². The second kappa shape index (κ2) is 16.5. The molecular formula is C28H49NO. The smallest absolute Gasteiger partial charge is 0.163 e. The van der Waals surface area contributed by atoms with Gasteiger partial charge in [0.05, 0.1) is 0 Å². The molecule has 0 saturated carbocycles. The average molecular weight is 416 g/mol. The SMILES string of the molecule is CCCCCCCCCCCCCCCCCCC(=O)c1ccccc1C(C)(C)N. The van der Waals surface area contributed by atoms with Gasteiger partial charge in [0.1, 0.15) is 0 Å². The molecule has 1 aromatic carbocycles. The van der Waals surface area contributed by atoms with Crippen LogP contribution in [-0.2, 0) is 5.54 Å². The first-order valence-corrected chi connectivity index (χ1v) is 12.9. The molecular weight excluding hydrogens is 366 g/mol. The number of hydrogen-bond acceptors (Lipinski definition) is 2. The number of carbonyl (C=O) groups is 1. The fourth-order valence-corrected chi connectivity index (χ4v) is 4.26. The Morgan fingerprint density at radius 1 is 0.700 bits per heavy atom. The van der Waals surface area contributed by atoms with Crippen molar-refractivity contribution < 1.29 is 4.79 Å². The minimum atomic E-state index is -0.471. The Bertz CT molecular complexity index is 558. The molecule has 0 amide bonds. The first-order valence-electron chi connectivity index (χ1n) is 12.9. The molecule has 0 aromatic heterocycles. The van der Waals surface area contributed by atoms with E-state index in [0.717, 1.165) is 24.0 Å². The van der Waals surface area contributed by atoms with Crippen LogP contribution in [0.3, 0.4) is 0 Å². The van der Waals surface area contributed by atoms with Crippen LogP contribution < -0.4 is 5.73 Å². The molecule has 0 aliphatic carbocycles. The summed E-state index contributed by atoms with van der Waals surface area (Å²) >= 11 is 0. The fraction of sp³-hybridized carbons (Fsp3) is 0.750. The van der Waals surface area contributed by atoms with Crippen LogP contribution in [0.4, 0.5) is 0 Å². The van der Waals surface area contributed by atoms with Crippen molar-refractivity contribution in [3.8, 4) is 0 Å². The van der Waals surface area contributed by atoms with Gasteiger partial charge in [-0.3, -0.25) is 4.79 Å². The molecule has 0 fully saturated rings. The van der Waals surface area contributed by atoms with Crippen LogP contribution in [0.2, 0.25) is 0 Å². The second-order valence-corrected chi connectivity index (χ2v) is 9.74. The van der Waals surface area contributed by atoms with Crippen LogP contribution in [-0.4, -0.2) is 5.78 Å². The fourth-order valence-electron chi connectivity index (χ4n) is 4.26. The number of rotatable bonds is 19. The van der Waals surface area contributed by atoms with Crippen molar-refractivity contribution in [2.45, 2.75) is 135 Å². The van der Waals surface area contributed by atoms with Gasteiger partial charge in [-0.25, -0.2) is 0 Å². The highest BCUT2D eigenvalue weighted by Crippen LogP contribution is 2.23. The molecule has 0 spiro atoms. The van der Waals surface area contributed by atoms with Gasteiger partial charge in [-0.2, -0.15) is 0 Å². The van der Waals surface area contributed by atoms with Gasteiger partial charge in [0.15, 0.2) is 5.78 Å². The summed E-state index contributed by atoms with van der Waals surface area (Å²) in [5.74, 6) is 0.245. The third-order valence-corrected chi connectivity index (χ3v) is 6.18. The Hall–Kier alpha value is -1.15. The average Bonchev–Trinajstić information content (AvgIpc) is 2.72. The summed E-state index contributed by atoms with van der Waals surface area (Å²) < 4.78 is 0. The highest BCUT2D eigenvalue weighted by molar-refractivity contribution is 5.97. The van der Waals surface area contributed by atoms with E-state index in [1.165, 1.54) is 89.9 Å². The molecule has 0 aliphatic rings. The van der Waals surface area contributed by atoms with Crippen molar-refractivity contribution in [1.82, 2.24) is 0 Å². The van der Waals surface area contributed by atoms with Crippen LogP contribution in [0.5, 0.6) is 0 Å². The van der Waals surface area contributed by atoms with Gasteiger partial charge in [0, 0.05) is 17.5 Å². The van der Waals surface area contributed by atoms with Gasteiger partial charge in [0.2, 0.25) is 0 Å². The van der Waals surface area contributed by atoms with E-state index in [9.17, 15) is 4.79 Å². The van der Waals surface area contributed by atoms with Crippen LogP contribution in [0, 0.1) is 0 Å². The largest absolute Gasteiger partial charge is 0.322 e. The van der Waals surface area contributed by atoms with Crippen LogP contribution in [0.15, 0.2) is 24.3 Å². The molecule has 1 rings (SSSR count). The zero-order chi connectivity index (χ0) is 22.1. The summed E-state index contributed by atoms with van der Waals surface area (Å²) in [6.45, 7) is 6.22. The van der Waals surface area contributed by atoms with E-state index < -0.39 is 5.54 Å². The zero-order valence-electron chi connectivity index (χ0n) is 20.3. The minimum absolute atomic E-state index is 0.245. The molecule has 2 N–H and O–H groups in total. The maximum atomic E-state index is 12.6. The first-order chi connectivity index (χ1) is 14.5. The minimum Gasteiger partial charge on any atom is -0.322 e. The second-order valence-electron chi connectivity index (χ2n) is 9.74. The quantitative estimate of drug-likeness (QED) is 0.181. The van der Waals surface area contributed by atoms with E-state index in [1.54, 1.807) is 0 Å². The van der Waals surface area contributed by atoms with Gasteiger partial charge < -0.3 is 5.73 Å². The molecule has 172 valence electrons. The third kappa shape index (κ3) is 12.5. The molecule has 1 aromatic rings. The first kappa shape index (κ1) is 26.9. The Morgan fingerprint density at radius 3 is 1.53 bits per heavy atom. The number of ketones is 1. The van der Waals surface area contributed by atoms with Crippen molar-refractivity contribution in [2.75, 3.05) is 0 Å². The van der Waals surface area contributed by atoms with Crippen molar-refractivity contribution >= 4 is 5.78 Å². The predicted octanol–water partition coefficient (Wildman–Crippen LogP) is 8.71. The molecule has 0 atom stereocenters. The third-order valence-electron chi connectivity index (χ3n) is 6.18. The molecule has 0 aliphatic heterocycles. The van der Waals surface area contributed by atoms with Crippen molar-refractivity contribution in [2.24, 2.45) is 5.73 Å². The number of hydrogen-bond donors (Lipinski definition) is 1. The van der Waals surface area contributed by atoms with Crippen molar-refractivity contribution in [1.29, 1.82) is 0 Å². The molecule has 0 heterocycles. The van der Waals surface area contributed by atoms with E-state index in [2.05, 4.69) is 6.92 Å². The lowest BCUT2D eigenvalue weighted by atomic mass is 9.88. The highest BCUT2D eigenvalue weighted by Gasteiger charge is 2.21. The standard InChI is InChI=1S/C28H49NO/c1-4-5-6-7-8-9-10-11-12-13-14-15-16-17-18-19-24-27(30)25-22-20-21-23-26(25)28(2,3)29/h20-23H,4-19,24,29H2,1-3H3. The lowest BCUT2D eigenvalue weighted by molar-refractivity contribution is 0.0976. The van der Waals surface area contributed by atoms with Gasteiger partial charge in [-0.1, -0.05) is 128 Å². The van der Waals surface area contributed by atoms with E-state index in [-0.39, 0.29) is 5.78 Å². The molecule has 30 heavy (non-hydrogen) atoms. The lowest BCUT2D eigenvalue weighted by Gasteiger charge is -2.22. The topological polar surface area (TPSA) is 43.1 Å². The highest BCUT2D eigenvalue weighted by atomic mass is 16.1. The Balaban J connectivity index is 1.96. The lowest BCUT2D eigenvalue weighted by Crippen LogP contribution is -2.30. The summed E-state index contributed by atoms with van der Waals surface area (Å²) in [5.41, 5.74) is 7.54. The number of carbonyl (C=O) groups excluding carboxylic acids is 1. The van der Waals surface area contributed by atoms with Gasteiger partial charge in [-0.05, 0) is 25.8 Å². The number of unbranched alkanes of at least 4 members (excludes halogenated alkanes) is 15. The Kier molecular flexibility index (Phi) is 14.8. The Morgan fingerprint density at radius 2 is 1.10 bits per heavy atom. The molecule has 2 heteroatoms. The van der Waals surface area contributed by atoms with Crippen LogP contribution in [0.25, 0.3) is 0 Å². The van der Waals surface area contributed by atoms with E-state index in [4.69, 9.17) is 5.73 Å². The molecule has 0 bridgehead atoms. The zero-order valence-corrected chi connectivity index (χ0v) is 20.3. The molecule has 0 unspecified atom stereocenters. The van der Waals surface area contributed by atoms with Crippen molar-refractivity contribution in [3.05, 3.63) is 35.4 Å². The van der Waals surface area contributed by atoms with E-state index in [1.807, 2.05) is 38.1 Å². The summed E-state index contributed by atoms with van der Waals surface area (Å²) in [7, 11) is 0. The predicted molar refractivity (Wildman–Crippen MR) is 132 cm³/mol. The van der Waals surface area contributed by atoms with Gasteiger partial charge in [0.25, 0.3) is 0 Å². The van der Waals surface area contributed by atoms with Gasteiger partial charge >= 0.3 is 0 Å².